The van der Waals surface area contributed by atoms with Crippen LogP contribution in [0.3, 0.4) is 0 Å². The average Bonchev–Trinajstić information content (AvgIpc) is 2.17. The second-order valence-corrected chi connectivity index (χ2v) is 2.83. The molecule has 0 radical (unpaired) electrons. The minimum Gasteiger partial charge on any atom is -0.267 e. The van der Waals surface area contributed by atoms with Gasteiger partial charge < -0.3 is 0 Å². The van der Waals surface area contributed by atoms with Crippen molar-refractivity contribution in [3.05, 3.63) is 17.4 Å². The number of nitrogens with zero attached hydrogens (tertiary/aromatic N) is 2. The summed E-state index contributed by atoms with van der Waals surface area (Å²) in [6, 6.07) is 0.923. The van der Waals surface area contributed by atoms with Crippen molar-refractivity contribution in [3.8, 4) is 0 Å². The van der Waals surface area contributed by atoms with Crippen LogP contribution in [0, 0.1) is 13.8 Å². The van der Waals surface area contributed by atoms with Crippen LogP contribution in [0.1, 0.15) is 32.6 Å². The quantitative estimate of drug-likeness (QED) is 0.582. The topological polar surface area (TPSA) is 17.8 Å². The van der Waals surface area contributed by atoms with Crippen LogP contribution in [0.25, 0.3) is 0 Å². The zero-order valence-corrected chi connectivity index (χ0v) is 6.97. The summed E-state index contributed by atoms with van der Waals surface area (Å²) in [5.74, 6) is 0. The van der Waals surface area contributed by atoms with Gasteiger partial charge in [0.05, 0.1) is 7.06 Å². The zero-order valence-electron chi connectivity index (χ0n) is 7.97. The van der Waals surface area contributed by atoms with Gasteiger partial charge >= 0.3 is 0 Å². The second kappa shape index (κ2) is 2.45. The molecule has 1 aromatic rings. The summed E-state index contributed by atoms with van der Waals surface area (Å²) in [6.07, 6.45) is 0. The molecule has 2 nitrogen and oxygen atoms in total. The predicted molar refractivity (Wildman–Crippen MR) is 42.1 cm³/mol. The van der Waals surface area contributed by atoms with Gasteiger partial charge in [-0.05, 0) is 33.7 Å². The molecule has 0 spiro atoms. The van der Waals surface area contributed by atoms with E-state index in [1.165, 1.54) is 0 Å². The van der Waals surface area contributed by atoms with Gasteiger partial charge in [0.15, 0.2) is 0 Å². The molecule has 0 atom stereocenters. The third-order valence-corrected chi connectivity index (χ3v) is 1.45. The molecule has 0 aliphatic rings. The fourth-order valence-corrected chi connectivity index (χ4v) is 1.08. The highest BCUT2D eigenvalue weighted by Gasteiger charge is 2.02. The lowest BCUT2D eigenvalue weighted by atomic mass is 10.3. The van der Waals surface area contributed by atoms with Crippen LogP contribution in [0.5, 0.6) is 0 Å². The normalized spacial score (nSPS) is 12.3. The van der Waals surface area contributed by atoms with Crippen LogP contribution in [0.2, 0.25) is 0 Å². The molecule has 0 amide bonds. The summed E-state index contributed by atoms with van der Waals surface area (Å²) < 4.78 is 9.46. The summed E-state index contributed by atoms with van der Waals surface area (Å²) >= 11 is 0. The second-order valence-electron chi connectivity index (χ2n) is 2.83. The Morgan fingerprint density at radius 1 is 1.60 bits per heavy atom. The molecule has 0 fully saturated rings. The highest BCUT2D eigenvalue weighted by molar-refractivity contribution is 5.07. The minimum absolute atomic E-state index is 0.354. The lowest BCUT2D eigenvalue weighted by Crippen LogP contribution is -2.04. The van der Waals surface area contributed by atoms with Crippen LogP contribution < -0.4 is 0 Å². The first-order valence-electron chi connectivity index (χ1n) is 4.06. The van der Waals surface area contributed by atoms with Gasteiger partial charge in [-0.1, -0.05) is 0 Å². The van der Waals surface area contributed by atoms with Gasteiger partial charge in [0.25, 0.3) is 0 Å². The van der Waals surface area contributed by atoms with Crippen molar-refractivity contribution in [1.29, 1.82) is 0 Å². The highest BCUT2D eigenvalue weighted by Crippen LogP contribution is 2.08. The molecular weight excluding hydrogens is 124 g/mol. The fourth-order valence-electron chi connectivity index (χ4n) is 1.08. The maximum absolute atomic E-state index is 7.57. The monoisotopic (exact) mass is 139 g/mol. The molecule has 0 saturated carbocycles. The summed E-state index contributed by atoms with van der Waals surface area (Å²) in [4.78, 5) is 0. The molecule has 0 N–H and O–H groups in total. The van der Waals surface area contributed by atoms with Crippen LogP contribution in [-0.4, -0.2) is 9.78 Å². The van der Waals surface area contributed by atoms with Gasteiger partial charge in [0.2, 0.25) is 0 Å². The van der Waals surface area contributed by atoms with Crippen LogP contribution >= 0.6 is 0 Å². The Kier molecular flexibility index (Phi) is 1.46. The molecule has 1 heterocycles. The van der Waals surface area contributed by atoms with Crippen LogP contribution in [0.4, 0.5) is 0 Å². The van der Waals surface area contributed by atoms with E-state index in [0.29, 0.717) is 12.1 Å². The fraction of sp³-hybridized carbons (Fsp3) is 0.625. The molecule has 1 aromatic heterocycles. The van der Waals surface area contributed by atoms with E-state index < -0.39 is 0 Å². The first-order valence-corrected chi connectivity index (χ1v) is 3.56. The number of aryl methyl sites for hydroxylation is 1. The van der Waals surface area contributed by atoms with Crippen molar-refractivity contribution in [3.63, 3.8) is 0 Å². The van der Waals surface area contributed by atoms with E-state index in [9.17, 15) is 0 Å². The first kappa shape index (κ1) is 5.96. The van der Waals surface area contributed by atoms with E-state index in [-0.39, 0.29) is 0 Å². The number of hydrogen-bond acceptors (Lipinski definition) is 1. The molecule has 2 heteroatoms. The number of aromatic nitrogens is 2. The standard InChI is InChI=1S/C8H14N2/c1-6(2)10-8(4)5-7(3)9-10/h5-6H,1-4H3/i5D. The highest BCUT2D eigenvalue weighted by atomic mass is 15.3. The molecule has 0 aliphatic carbocycles. The van der Waals surface area contributed by atoms with Crippen LogP contribution in [0.15, 0.2) is 6.04 Å². The molecule has 0 saturated heterocycles. The molecule has 0 aliphatic heterocycles. The van der Waals surface area contributed by atoms with Crippen molar-refractivity contribution in [2.45, 2.75) is 33.7 Å². The largest absolute Gasteiger partial charge is 0.267 e. The Morgan fingerprint density at radius 3 is 2.40 bits per heavy atom. The molecular formula is C8H14N2. The Labute approximate surface area is 63.3 Å². The number of hydrogen-bond donors (Lipinski definition) is 0. The summed E-state index contributed by atoms with van der Waals surface area (Å²) in [7, 11) is 0. The van der Waals surface area contributed by atoms with Gasteiger partial charge in [-0.25, -0.2) is 0 Å². The van der Waals surface area contributed by atoms with E-state index in [0.717, 1.165) is 11.4 Å². The van der Waals surface area contributed by atoms with Crippen molar-refractivity contribution in [2.24, 2.45) is 0 Å². The van der Waals surface area contributed by atoms with E-state index in [4.69, 9.17) is 1.37 Å². The van der Waals surface area contributed by atoms with Gasteiger partial charge in [0.1, 0.15) is 0 Å². The maximum atomic E-state index is 7.57. The Hall–Kier alpha value is -0.790. The zero-order chi connectivity index (χ0) is 8.59. The Bertz CT molecular complexity index is 263. The van der Waals surface area contributed by atoms with Gasteiger partial charge in [0, 0.05) is 11.7 Å². The first-order chi connectivity index (χ1) is 5.04. The van der Waals surface area contributed by atoms with Gasteiger partial charge in [-0.2, -0.15) is 5.10 Å². The summed E-state index contributed by atoms with van der Waals surface area (Å²) in [5, 5.41) is 4.24. The Balaban J connectivity index is 3.19. The van der Waals surface area contributed by atoms with E-state index in [1.54, 1.807) is 0 Å². The van der Waals surface area contributed by atoms with E-state index in [1.807, 2.05) is 18.5 Å². The van der Waals surface area contributed by atoms with Gasteiger partial charge in [-0.15, -0.1) is 0 Å². The third kappa shape index (κ3) is 1.20. The van der Waals surface area contributed by atoms with Crippen molar-refractivity contribution < 1.29 is 1.37 Å². The smallest absolute Gasteiger partial charge is 0.0662 e. The summed E-state index contributed by atoms with van der Waals surface area (Å²) in [6.45, 7) is 7.94. The molecule has 10 heavy (non-hydrogen) atoms. The van der Waals surface area contributed by atoms with E-state index >= 15 is 0 Å². The van der Waals surface area contributed by atoms with Crippen LogP contribution in [-0.2, 0) is 0 Å². The average molecular weight is 139 g/mol. The summed E-state index contributed by atoms with van der Waals surface area (Å²) in [5.41, 5.74) is 1.77. The van der Waals surface area contributed by atoms with Gasteiger partial charge in [-0.3, -0.25) is 4.68 Å². The third-order valence-electron chi connectivity index (χ3n) is 1.45. The number of rotatable bonds is 1. The predicted octanol–water partition coefficient (Wildman–Crippen LogP) is 2.08. The lowest BCUT2D eigenvalue weighted by molar-refractivity contribution is 0.516. The van der Waals surface area contributed by atoms with Crippen molar-refractivity contribution in [1.82, 2.24) is 9.78 Å². The van der Waals surface area contributed by atoms with Crippen molar-refractivity contribution >= 4 is 0 Å². The van der Waals surface area contributed by atoms with Crippen molar-refractivity contribution in [2.75, 3.05) is 0 Å². The lowest BCUT2D eigenvalue weighted by Gasteiger charge is -2.06. The maximum Gasteiger partial charge on any atom is 0.0662 e. The molecule has 56 valence electrons. The Morgan fingerprint density at radius 2 is 2.20 bits per heavy atom. The molecule has 0 aromatic carbocycles. The minimum atomic E-state index is 0.354. The van der Waals surface area contributed by atoms with E-state index in [2.05, 4.69) is 18.9 Å². The molecule has 0 unspecified atom stereocenters. The SMILES string of the molecule is [2H]c1c(C)nn(C(C)C)c1C. The molecule has 0 bridgehead atoms. The molecule has 1 rings (SSSR count).